The van der Waals surface area contributed by atoms with E-state index < -0.39 is 0 Å². The van der Waals surface area contributed by atoms with E-state index in [9.17, 15) is 0 Å². The molecule has 0 atom stereocenters. The molecule has 1 aliphatic rings. The van der Waals surface area contributed by atoms with Gasteiger partial charge in [0.25, 0.3) is 0 Å². The standard InChI is InChI=1S/C31H30N6/c1-3-21(20-37-16-5-6-17-37)18-22(4-2)24-10-11-27-26(19-24)30(36-35-27)31-33-28-9-7-8-25(29(28)34-31)23-12-14-32-15-13-23/h3-4,7-15,18-19H,1,5-6,16-17,20H2,2H3,(H,33,34)(H,35,36)/b21-18+,22-4+. The largest absolute Gasteiger partial charge is 0.337 e. The number of likely N-dealkylation sites (tertiary alicyclic amines) is 1. The van der Waals surface area contributed by atoms with Gasteiger partial charge in [-0.2, -0.15) is 5.10 Å². The quantitative estimate of drug-likeness (QED) is 0.249. The van der Waals surface area contributed by atoms with Crippen LogP contribution in [0, 0.1) is 0 Å². The number of aromatic nitrogens is 5. The molecule has 3 aromatic heterocycles. The highest BCUT2D eigenvalue weighted by Crippen LogP contribution is 2.32. The van der Waals surface area contributed by atoms with Crippen LogP contribution in [0.4, 0.5) is 0 Å². The van der Waals surface area contributed by atoms with Gasteiger partial charge >= 0.3 is 0 Å². The number of hydrogen-bond acceptors (Lipinski definition) is 4. The van der Waals surface area contributed by atoms with E-state index in [1.165, 1.54) is 37.1 Å². The summed E-state index contributed by atoms with van der Waals surface area (Å²) in [5, 5.41) is 8.87. The molecule has 0 aliphatic carbocycles. The summed E-state index contributed by atoms with van der Waals surface area (Å²) in [5.41, 5.74) is 9.41. The molecule has 0 spiro atoms. The zero-order chi connectivity index (χ0) is 25.2. The second-order valence-electron chi connectivity index (χ2n) is 9.51. The van der Waals surface area contributed by atoms with Crippen molar-refractivity contribution < 1.29 is 0 Å². The molecule has 0 amide bonds. The lowest BCUT2D eigenvalue weighted by molar-refractivity contribution is 0.371. The van der Waals surface area contributed by atoms with Crippen molar-refractivity contribution in [2.24, 2.45) is 0 Å². The van der Waals surface area contributed by atoms with Gasteiger partial charge in [0.15, 0.2) is 5.82 Å². The van der Waals surface area contributed by atoms with Crippen LogP contribution in [-0.2, 0) is 0 Å². The summed E-state index contributed by atoms with van der Waals surface area (Å²) in [7, 11) is 0. The SMILES string of the molecule is C=C/C(=C\C(=C/C)c1ccc2[nH]nc(-c3nc4c(-c5ccncc5)cccc4[nH]3)c2c1)CN1CCCC1. The molecular formula is C31H30N6. The van der Waals surface area contributed by atoms with E-state index in [0.29, 0.717) is 0 Å². The molecule has 184 valence electrons. The van der Waals surface area contributed by atoms with E-state index in [2.05, 4.69) is 81.1 Å². The fraction of sp³-hybridized carbons (Fsp3) is 0.194. The molecule has 0 saturated carbocycles. The van der Waals surface area contributed by atoms with E-state index in [-0.39, 0.29) is 0 Å². The number of benzene rings is 2. The maximum absolute atomic E-state index is 4.99. The van der Waals surface area contributed by atoms with Crippen LogP contribution in [0.1, 0.15) is 25.3 Å². The Morgan fingerprint density at radius 1 is 1.05 bits per heavy atom. The molecule has 1 aliphatic heterocycles. The number of pyridine rings is 1. The third-order valence-corrected chi connectivity index (χ3v) is 7.14. The number of fused-ring (bicyclic) bond motifs is 2. The molecule has 1 fully saturated rings. The number of hydrogen-bond donors (Lipinski definition) is 2. The maximum Gasteiger partial charge on any atom is 0.159 e. The number of aromatic amines is 2. The first-order chi connectivity index (χ1) is 18.2. The van der Waals surface area contributed by atoms with Crippen molar-refractivity contribution in [1.82, 2.24) is 30.0 Å². The molecular weight excluding hydrogens is 456 g/mol. The van der Waals surface area contributed by atoms with Crippen molar-refractivity contribution in [3.05, 3.63) is 96.9 Å². The number of para-hydroxylation sites is 1. The highest BCUT2D eigenvalue weighted by Gasteiger charge is 2.16. The van der Waals surface area contributed by atoms with E-state index in [0.717, 1.165) is 56.7 Å². The number of nitrogens with zero attached hydrogens (tertiary/aromatic N) is 4. The molecule has 6 nitrogen and oxygen atoms in total. The summed E-state index contributed by atoms with van der Waals surface area (Å²) in [6.45, 7) is 9.44. The lowest BCUT2D eigenvalue weighted by atomic mass is 10.00. The Labute approximate surface area is 216 Å². The fourth-order valence-electron chi connectivity index (χ4n) is 5.18. The van der Waals surface area contributed by atoms with Gasteiger partial charge in [-0.25, -0.2) is 4.98 Å². The highest BCUT2D eigenvalue weighted by atomic mass is 15.1. The van der Waals surface area contributed by atoms with Gasteiger partial charge in [-0.15, -0.1) is 0 Å². The molecule has 6 heteroatoms. The predicted octanol–water partition coefficient (Wildman–Crippen LogP) is 6.78. The smallest absolute Gasteiger partial charge is 0.159 e. The number of rotatable bonds is 7. The Bertz CT molecular complexity index is 1630. The van der Waals surface area contributed by atoms with Crippen LogP contribution in [0.3, 0.4) is 0 Å². The van der Waals surface area contributed by atoms with Gasteiger partial charge in [0, 0.05) is 29.9 Å². The van der Waals surface area contributed by atoms with Crippen molar-refractivity contribution in [3.63, 3.8) is 0 Å². The van der Waals surface area contributed by atoms with Gasteiger partial charge < -0.3 is 4.98 Å². The van der Waals surface area contributed by atoms with E-state index in [1.807, 2.05) is 24.3 Å². The number of allylic oxidation sites excluding steroid dienone is 3. The van der Waals surface area contributed by atoms with Crippen molar-refractivity contribution in [2.45, 2.75) is 19.8 Å². The lowest BCUT2D eigenvalue weighted by Gasteiger charge is -2.15. The van der Waals surface area contributed by atoms with Crippen LogP contribution in [0.25, 0.3) is 50.2 Å². The monoisotopic (exact) mass is 486 g/mol. The Kier molecular flexibility index (Phi) is 6.25. The Balaban J connectivity index is 1.38. The third-order valence-electron chi connectivity index (χ3n) is 7.14. The minimum absolute atomic E-state index is 0.748. The van der Waals surface area contributed by atoms with Crippen LogP contribution in [-0.4, -0.2) is 49.7 Å². The predicted molar refractivity (Wildman–Crippen MR) is 152 cm³/mol. The average molecular weight is 487 g/mol. The summed E-state index contributed by atoms with van der Waals surface area (Å²) in [6.07, 6.45) is 12.6. The zero-order valence-electron chi connectivity index (χ0n) is 21.0. The first-order valence-corrected chi connectivity index (χ1v) is 12.8. The van der Waals surface area contributed by atoms with Gasteiger partial charge in [0.2, 0.25) is 0 Å². The topological polar surface area (TPSA) is 73.5 Å². The van der Waals surface area contributed by atoms with Gasteiger partial charge in [0.1, 0.15) is 5.69 Å². The van der Waals surface area contributed by atoms with Crippen molar-refractivity contribution in [3.8, 4) is 22.6 Å². The highest BCUT2D eigenvalue weighted by molar-refractivity contribution is 5.98. The Morgan fingerprint density at radius 3 is 2.68 bits per heavy atom. The first kappa shape index (κ1) is 23.1. The average Bonchev–Trinajstić information content (AvgIpc) is 3.70. The van der Waals surface area contributed by atoms with E-state index in [1.54, 1.807) is 12.4 Å². The summed E-state index contributed by atoms with van der Waals surface area (Å²) in [4.78, 5) is 15.1. The van der Waals surface area contributed by atoms with Gasteiger partial charge in [-0.3, -0.25) is 15.0 Å². The molecule has 6 rings (SSSR count). The molecule has 2 N–H and O–H groups in total. The van der Waals surface area contributed by atoms with Gasteiger partial charge in [-0.1, -0.05) is 43.0 Å². The second kappa shape index (κ2) is 9.99. The first-order valence-electron chi connectivity index (χ1n) is 12.8. The summed E-state index contributed by atoms with van der Waals surface area (Å²) < 4.78 is 0. The third kappa shape index (κ3) is 4.52. The molecule has 0 bridgehead atoms. The molecule has 4 heterocycles. The van der Waals surface area contributed by atoms with Crippen molar-refractivity contribution in [2.75, 3.05) is 19.6 Å². The molecule has 0 unspecified atom stereocenters. The lowest BCUT2D eigenvalue weighted by Crippen LogP contribution is -2.21. The normalized spacial score (nSPS) is 15.2. The van der Waals surface area contributed by atoms with Crippen molar-refractivity contribution >= 4 is 27.5 Å². The summed E-state index contributed by atoms with van der Waals surface area (Å²) in [5.74, 6) is 0.748. The van der Waals surface area contributed by atoms with Crippen LogP contribution in [0.5, 0.6) is 0 Å². The molecule has 37 heavy (non-hydrogen) atoms. The minimum atomic E-state index is 0.748. The maximum atomic E-state index is 4.99. The Hall–Kier alpha value is -4.29. The number of nitrogens with one attached hydrogen (secondary N) is 2. The summed E-state index contributed by atoms with van der Waals surface area (Å²) in [6, 6.07) is 16.6. The molecule has 1 saturated heterocycles. The molecule has 5 aromatic rings. The fourth-order valence-corrected chi connectivity index (χ4v) is 5.18. The minimum Gasteiger partial charge on any atom is -0.337 e. The van der Waals surface area contributed by atoms with Crippen molar-refractivity contribution in [1.29, 1.82) is 0 Å². The number of H-pyrrole nitrogens is 2. The number of imidazole rings is 1. The van der Waals surface area contributed by atoms with Crippen LogP contribution in [0.2, 0.25) is 0 Å². The van der Waals surface area contributed by atoms with E-state index >= 15 is 0 Å². The van der Waals surface area contributed by atoms with Gasteiger partial charge in [-0.05, 0) is 85.5 Å². The summed E-state index contributed by atoms with van der Waals surface area (Å²) >= 11 is 0. The molecule has 2 aromatic carbocycles. The van der Waals surface area contributed by atoms with E-state index in [4.69, 9.17) is 4.98 Å². The zero-order valence-corrected chi connectivity index (χ0v) is 21.0. The molecule has 0 radical (unpaired) electrons. The van der Waals surface area contributed by atoms with Crippen LogP contribution >= 0.6 is 0 Å². The second-order valence-corrected chi connectivity index (χ2v) is 9.51. The van der Waals surface area contributed by atoms with Crippen LogP contribution < -0.4 is 0 Å². The van der Waals surface area contributed by atoms with Crippen LogP contribution in [0.15, 0.2) is 91.3 Å². The Morgan fingerprint density at radius 2 is 1.89 bits per heavy atom. The van der Waals surface area contributed by atoms with Gasteiger partial charge in [0.05, 0.1) is 16.6 Å².